The molecule has 35 heavy (non-hydrogen) atoms. The van der Waals surface area contributed by atoms with Gasteiger partial charge in [-0.15, -0.1) is 11.8 Å². The van der Waals surface area contributed by atoms with Gasteiger partial charge in [0, 0.05) is 30.6 Å². The van der Waals surface area contributed by atoms with Crippen molar-refractivity contribution in [3.05, 3.63) is 62.4 Å². The normalized spacial score (nSPS) is 26.5. The summed E-state index contributed by atoms with van der Waals surface area (Å²) in [4.78, 5) is 50.4. The van der Waals surface area contributed by atoms with Crippen LogP contribution < -0.4 is 16.6 Å². The number of hydrogen-bond donors (Lipinski definition) is 1. The molecule has 4 bridgehead atoms. The van der Waals surface area contributed by atoms with Crippen LogP contribution in [0.4, 0.5) is 0 Å². The van der Waals surface area contributed by atoms with Crippen molar-refractivity contribution in [1.29, 1.82) is 0 Å². The van der Waals surface area contributed by atoms with Gasteiger partial charge in [-0.25, -0.2) is 9.59 Å². The van der Waals surface area contributed by atoms with Crippen LogP contribution in [0.2, 0.25) is 0 Å². The van der Waals surface area contributed by atoms with Crippen LogP contribution >= 0.6 is 11.8 Å². The number of rotatable bonds is 7. The molecule has 1 heterocycles. The number of thioether (sulfide) groups is 1. The summed E-state index contributed by atoms with van der Waals surface area (Å²) < 4.78 is 7.70. The van der Waals surface area contributed by atoms with Crippen molar-refractivity contribution in [1.82, 2.24) is 14.5 Å². The fourth-order valence-corrected chi connectivity index (χ4v) is 7.47. The van der Waals surface area contributed by atoms with Gasteiger partial charge in [-0.1, -0.05) is 12.1 Å². The lowest BCUT2D eigenvalue weighted by molar-refractivity contribution is -0.124. The predicted octanol–water partition coefficient (Wildman–Crippen LogP) is 2.62. The Hall–Kier alpha value is -2.81. The molecule has 9 heteroatoms. The second kappa shape index (κ2) is 9.33. The second-order valence-corrected chi connectivity index (χ2v) is 11.5. The number of carbonyl (C=O) groups is 2. The molecule has 4 aliphatic rings. The Kier molecular flexibility index (Phi) is 6.38. The summed E-state index contributed by atoms with van der Waals surface area (Å²) in [6.07, 6.45) is 7.28. The van der Waals surface area contributed by atoms with Crippen molar-refractivity contribution in [2.75, 3.05) is 5.75 Å². The van der Waals surface area contributed by atoms with Crippen molar-refractivity contribution in [3.8, 4) is 0 Å². The third-order valence-corrected chi connectivity index (χ3v) is 8.96. The monoisotopic (exact) mass is 497 g/mol. The number of amides is 1. The summed E-state index contributed by atoms with van der Waals surface area (Å²) in [5, 5.41) is 3.37. The zero-order valence-electron chi connectivity index (χ0n) is 20.1. The lowest BCUT2D eigenvalue weighted by Crippen LogP contribution is -2.60. The number of esters is 1. The molecule has 1 aromatic heterocycles. The zero-order chi connectivity index (χ0) is 24.7. The van der Waals surface area contributed by atoms with Gasteiger partial charge in [0.2, 0.25) is 5.91 Å². The Labute approximate surface area is 208 Å². The van der Waals surface area contributed by atoms with Crippen molar-refractivity contribution in [3.63, 3.8) is 0 Å². The Morgan fingerprint density at radius 3 is 2.31 bits per heavy atom. The molecule has 0 atom stereocenters. The minimum atomic E-state index is -0.567. The highest BCUT2D eigenvalue weighted by molar-refractivity contribution is 8.00. The van der Waals surface area contributed by atoms with Crippen molar-refractivity contribution < 1.29 is 14.3 Å². The van der Waals surface area contributed by atoms with Gasteiger partial charge in [0.1, 0.15) is 6.61 Å². The van der Waals surface area contributed by atoms with Gasteiger partial charge < -0.3 is 10.1 Å². The van der Waals surface area contributed by atoms with Gasteiger partial charge in [-0.05, 0) is 68.4 Å². The summed E-state index contributed by atoms with van der Waals surface area (Å²) in [7, 11) is 2.92. The molecule has 0 unspecified atom stereocenters. The third kappa shape index (κ3) is 4.83. The van der Waals surface area contributed by atoms with Crippen LogP contribution in [0.15, 0.2) is 44.8 Å². The average molecular weight is 498 g/mol. The highest BCUT2D eigenvalue weighted by Crippen LogP contribution is 2.55. The Morgan fingerprint density at radius 1 is 1.03 bits per heavy atom. The number of hydrogen-bond acceptors (Lipinski definition) is 6. The minimum absolute atomic E-state index is 0.00949. The molecular weight excluding hydrogens is 466 g/mol. The maximum Gasteiger partial charge on any atom is 0.339 e. The van der Waals surface area contributed by atoms with Crippen molar-refractivity contribution in [2.45, 2.75) is 55.6 Å². The first kappa shape index (κ1) is 23.9. The molecule has 8 nitrogen and oxygen atoms in total. The van der Waals surface area contributed by atoms with Gasteiger partial charge in [0.15, 0.2) is 0 Å². The summed E-state index contributed by atoms with van der Waals surface area (Å²) in [6.45, 7) is -0.202. The summed E-state index contributed by atoms with van der Waals surface area (Å²) in [5.41, 5.74) is -0.307. The fourth-order valence-electron chi connectivity index (χ4n) is 6.63. The number of benzene rings is 1. The quantitative estimate of drug-likeness (QED) is 0.466. The third-order valence-electron chi connectivity index (χ3n) is 7.89. The maximum atomic E-state index is 12.9. The number of carbonyl (C=O) groups excluding carboxylic acids is 2. The maximum absolute atomic E-state index is 12.9. The van der Waals surface area contributed by atoms with Crippen LogP contribution in [-0.4, -0.2) is 32.3 Å². The van der Waals surface area contributed by atoms with Crippen LogP contribution in [-0.2, 0) is 30.2 Å². The molecule has 0 radical (unpaired) electrons. The first-order valence-electron chi connectivity index (χ1n) is 12.2. The first-order valence-corrected chi connectivity index (χ1v) is 13.2. The molecule has 4 saturated carbocycles. The van der Waals surface area contributed by atoms with Crippen LogP contribution in [0.5, 0.6) is 0 Å². The van der Waals surface area contributed by atoms with Gasteiger partial charge in [0.25, 0.3) is 5.56 Å². The second-order valence-electron chi connectivity index (χ2n) is 10.5. The molecular formula is C26H31N3O5S. The standard InChI is InChI=1S/C26H31N3O5S/c1-28-19(10-23(31)29(2)25(28)33)14-34-24(32)20-5-3-4-6-21(20)35-15-22(30)27-26-11-16-7-17(12-26)9-18(8-16)13-26/h3-6,10,16-18H,7-9,11-15H2,1-2H3,(H,27,30). The largest absolute Gasteiger partial charge is 0.456 e. The van der Waals surface area contributed by atoms with E-state index in [1.54, 1.807) is 18.2 Å². The summed E-state index contributed by atoms with van der Waals surface area (Å²) in [5.74, 6) is 1.95. The zero-order valence-corrected chi connectivity index (χ0v) is 20.9. The molecule has 4 aliphatic carbocycles. The predicted molar refractivity (Wildman–Crippen MR) is 132 cm³/mol. The highest BCUT2D eigenvalue weighted by atomic mass is 32.2. The SMILES string of the molecule is Cn1c(COC(=O)c2ccccc2SCC(=O)NC23CC4CC(CC(C4)C2)C3)cc(=O)n(C)c1=O. The van der Waals surface area contributed by atoms with E-state index in [2.05, 4.69) is 5.32 Å². The van der Waals surface area contributed by atoms with Crippen molar-refractivity contribution >= 4 is 23.6 Å². The summed E-state index contributed by atoms with van der Waals surface area (Å²) >= 11 is 1.32. The topological polar surface area (TPSA) is 99.4 Å². The Balaban J connectivity index is 1.21. The number of aromatic nitrogens is 2. The first-order chi connectivity index (χ1) is 16.7. The number of nitrogens with one attached hydrogen (secondary N) is 1. The molecule has 0 saturated heterocycles. The lowest BCUT2D eigenvalue weighted by atomic mass is 9.53. The van der Waals surface area contributed by atoms with E-state index < -0.39 is 17.2 Å². The van der Waals surface area contributed by atoms with Gasteiger partial charge in [-0.3, -0.25) is 18.7 Å². The van der Waals surface area contributed by atoms with E-state index in [4.69, 9.17) is 4.74 Å². The molecule has 1 aromatic carbocycles. The molecule has 6 rings (SSSR count). The average Bonchev–Trinajstić information content (AvgIpc) is 2.81. The molecule has 1 amide bonds. The minimum Gasteiger partial charge on any atom is -0.456 e. The van der Waals surface area contributed by atoms with Crippen molar-refractivity contribution in [2.24, 2.45) is 31.8 Å². The number of ether oxygens (including phenoxy) is 1. The molecule has 0 spiro atoms. The molecule has 0 aliphatic heterocycles. The van der Waals surface area contributed by atoms with E-state index in [1.165, 1.54) is 55.8 Å². The molecule has 1 N–H and O–H groups in total. The van der Waals surface area contributed by atoms with Crippen LogP contribution in [0.25, 0.3) is 0 Å². The van der Waals surface area contributed by atoms with E-state index in [-0.39, 0.29) is 23.8 Å². The van der Waals surface area contributed by atoms with Crippen LogP contribution in [0.3, 0.4) is 0 Å². The van der Waals surface area contributed by atoms with Gasteiger partial charge in [-0.2, -0.15) is 0 Å². The summed E-state index contributed by atoms with van der Waals surface area (Å²) in [6, 6.07) is 8.30. The van der Waals surface area contributed by atoms with Crippen LogP contribution in [0.1, 0.15) is 54.6 Å². The van der Waals surface area contributed by atoms with Gasteiger partial charge in [0.05, 0.1) is 17.0 Å². The van der Waals surface area contributed by atoms with E-state index in [9.17, 15) is 19.2 Å². The molecule has 4 fully saturated rings. The van der Waals surface area contributed by atoms with E-state index >= 15 is 0 Å². The Morgan fingerprint density at radius 2 is 1.66 bits per heavy atom. The van der Waals surface area contributed by atoms with E-state index in [0.29, 0.717) is 16.2 Å². The molecule has 2 aromatic rings. The highest BCUT2D eigenvalue weighted by Gasteiger charge is 2.51. The molecule has 186 valence electrons. The van der Waals surface area contributed by atoms with E-state index in [1.807, 2.05) is 6.07 Å². The number of nitrogens with zero attached hydrogens (tertiary/aromatic N) is 2. The van der Waals surface area contributed by atoms with Crippen LogP contribution in [0, 0.1) is 17.8 Å². The van der Waals surface area contributed by atoms with E-state index in [0.717, 1.165) is 41.6 Å². The fraction of sp³-hybridized carbons (Fsp3) is 0.538. The lowest BCUT2D eigenvalue weighted by Gasteiger charge is -2.56. The van der Waals surface area contributed by atoms with Gasteiger partial charge >= 0.3 is 11.7 Å². The smallest absolute Gasteiger partial charge is 0.339 e. The Bertz CT molecular complexity index is 1250.